The quantitative estimate of drug-likeness (QED) is 0.648. The lowest BCUT2D eigenvalue weighted by molar-refractivity contribution is -0.141. The Morgan fingerprint density at radius 1 is 1.26 bits per heavy atom. The number of carbonyl (C=O) groups is 1. The van der Waals surface area contributed by atoms with Crippen molar-refractivity contribution in [3.05, 3.63) is 42.0 Å². The maximum Gasteiger partial charge on any atom is 0.435 e. The zero-order valence-electron chi connectivity index (χ0n) is 16.6. The maximum atomic E-state index is 13.0. The second-order valence-electron chi connectivity index (χ2n) is 7.28. The van der Waals surface area contributed by atoms with Crippen molar-refractivity contribution >= 4 is 23.1 Å². The molecule has 0 aromatic carbocycles. The molecule has 9 nitrogen and oxygen atoms in total. The molecule has 12 heteroatoms. The molecular weight excluding hydrogens is 415 g/mol. The third-order valence-corrected chi connectivity index (χ3v) is 5.00. The SMILES string of the molecule is CN1CCC(Oc2ccncc2NC(=O)c2c(N)nc3ccc(C(F)(F)F)nn23)CC1. The molecule has 0 radical (unpaired) electrons. The summed E-state index contributed by atoms with van der Waals surface area (Å²) in [5, 5.41) is 6.09. The molecule has 4 heterocycles. The molecule has 1 aliphatic rings. The van der Waals surface area contributed by atoms with Crippen molar-refractivity contribution in [3.63, 3.8) is 0 Å². The van der Waals surface area contributed by atoms with Crippen LogP contribution in [0.2, 0.25) is 0 Å². The first-order chi connectivity index (χ1) is 14.7. The molecule has 3 aromatic rings. The Balaban J connectivity index is 1.60. The van der Waals surface area contributed by atoms with E-state index < -0.39 is 17.8 Å². The van der Waals surface area contributed by atoms with E-state index in [4.69, 9.17) is 10.5 Å². The van der Waals surface area contributed by atoms with Crippen LogP contribution in [0, 0.1) is 0 Å². The van der Waals surface area contributed by atoms with Crippen LogP contribution in [0.25, 0.3) is 5.65 Å². The molecule has 1 fully saturated rings. The first-order valence-electron chi connectivity index (χ1n) is 9.55. The van der Waals surface area contributed by atoms with Crippen LogP contribution in [0.15, 0.2) is 30.6 Å². The lowest BCUT2D eigenvalue weighted by atomic mass is 10.1. The third-order valence-electron chi connectivity index (χ3n) is 5.00. The molecular formula is C19H20F3N7O2. The maximum absolute atomic E-state index is 13.0. The zero-order chi connectivity index (χ0) is 22.2. The molecule has 31 heavy (non-hydrogen) atoms. The van der Waals surface area contributed by atoms with Gasteiger partial charge in [0.05, 0.1) is 6.20 Å². The topological polar surface area (TPSA) is 111 Å². The highest BCUT2D eigenvalue weighted by atomic mass is 19.4. The summed E-state index contributed by atoms with van der Waals surface area (Å²) in [6.07, 6.45) is -0.117. The van der Waals surface area contributed by atoms with Crippen LogP contribution in [0.3, 0.4) is 0 Å². The van der Waals surface area contributed by atoms with Crippen molar-refractivity contribution in [1.82, 2.24) is 24.5 Å². The van der Waals surface area contributed by atoms with Crippen molar-refractivity contribution in [2.75, 3.05) is 31.2 Å². The van der Waals surface area contributed by atoms with Gasteiger partial charge in [0.1, 0.15) is 17.5 Å². The summed E-state index contributed by atoms with van der Waals surface area (Å²) in [5.41, 5.74) is 4.61. The number of halogens is 3. The van der Waals surface area contributed by atoms with Crippen molar-refractivity contribution in [2.24, 2.45) is 0 Å². The molecule has 4 rings (SSSR count). The summed E-state index contributed by atoms with van der Waals surface area (Å²) in [6, 6.07) is 3.49. The standard InChI is InChI=1S/C19H20F3N7O2/c1-28-8-5-11(6-9-28)31-13-4-7-24-10-12(13)25-18(30)16-17(23)26-15-3-2-14(19(20,21)22)27-29(15)16/h2-4,7,10-11H,5-6,8-9,23H2,1H3,(H,25,30). The molecule has 0 bridgehead atoms. The highest BCUT2D eigenvalue weighted by Crippen LogP contribution is 2.29. The number of ether oxygens (including phenoxy) is 1. The molecule has 3 aromatic heterocycles. The number of amides is 1. The van der Waals surface area contributed by atoms with Crippen molar-refractivity contribution in [3.8, 4) is 5.75 Å². The Kier molecular flexibility index (Phi) is 5.39. The predicted molar refractivity (Wildman–Crippen MR) is 106 cm³/mol. The number of alkyl halides is 3. The number of piperidine rings is 1. The minimum atomic E-state index is -4.68. The van der Waals surface area contributed by atoms with Gasteiger partial charge in [-0.2, -0.15) is 18.3 Å². The van der Waals surface area contributed by atoms with E-state index in [9.17, 15) is 18.0 Å². The van der Waals surface area contributed by atoms with E-state index in [1.54, 1.807) is 6.07 Å². The van der Waals surface area contributed by atoms with Gasteiger partial charge in [0.25, 0.3) is 5.91 Å². The fourth-order valence-electron chi connectivity index (χ4n) is 3.36. The fourth-order valence-corrected chi connectivity index (χ4v) is 3.36. The summed E-state index contributed by atoms with van der Waals surface area (Å²) in [4.78, 5) is 23.0. The number of nitrogens with zero attached hydrogens (tertiary/aromatic N) is 5. The summed E-state index contributed by atoms with van der Waals surface area (Å²) in [7, 11) is 2.03. The van der Waals surface area contributed by atoms with Crippen LogP contribution in [0.5, 0.6) is 5.75 Å². The average molecular weight is 435 g/mol. The Labute approximate surface area is 175 Å². The van der Waals surface area contributed by atoms with Gasteiger partial charge in [-0.15, -0.1) is 0 Å². The summed E-state index contributed by atoms with van der Waals surface area (Å²) in [6.45, 7) is 1.78. The Hall–Kier alpha value is -3.41. The molecule has 0 unspecified atom stereocenters. The van der Waals surface area contributed by atoms with Gasteiger partial charge in [-0.25, -0.2) is 9.50 Å². The number of hydrogen-bond acceptors (Lipinski definition) is 7. The molecule has 1 aliphatic heterocycles. The normalized spacial score (nSPS) is 15.9. The molecule has 164 valence electrons. The number of carbonyl (C=O) groups excluding carboxylic acids is 1. The largest absolute Gasteiger partial charge is 0.488 e. The van der Waals surface area contributed by atoms with E-state index in [2.05, 4.69) is 25.3 Å². The van der Waals surface area contributed by atoms with E-state index in [1.165, 1.54) is 12.4 Å². The number of aromatic nitrogens is 4. The first-order valence-corrected chi connectivity index (χ1v) is 9.55. The molecule has 1 amide bonds. The van der Waals surface area contributed by atoms with Crippen LogP contribution >= 0.6 is 0 Å². The van der Waals surface area contributed by atoms with Gasteiger partial charge < -0.3 is 20.7 Å². The fraction of sp³-hybridized carbons (Fsp3) is 0.368. The number of pyridine rings is 1. The first kappa shape index (κ1) is 20.8. The number of imidazole rings is 1. The lowest BCUT2D eigenvalue weighted by Crippen LogP contribution is -2.35. The smallest absolute Gasteiger partial charge is 0.435 e. The molecule has 0 atom stereocenters. The van der Waals surface area contributed by atoms with Crippen LogP contribution in [-0.4, -0.2) is 56.6 Å². The Bertz CT molecular complexity index is 1110. The van der Waals surface area contributed by atoms with Gasteiger partial charge in [0.2, 0.25) is 0 Å². The van der Waals surface area contributed by atoms with Gasteiger partial charge in [-0.1, -0.05) is 0 Å². The number of hydrogen-bond donors (Lipinski definition) is 2. The highest BCUT2D eigenvalue weighted by Gasteiger charge is 2.34. The number of rotatable bonds is 4. The van der Waals surface area contributed by atoms with Gasteiger partial charge in [0, 0.05) is 25.4 Å². The number of nitrogens with two attached hydrogens (primary N) is 1. The predicted octanol–water partition coefficient (Wildman–Crippen LogP) is 2.45. The second kappa shape index (κ2) is 8.02. The number of nitrogen functional groups attached to an aromatic ring is 1. The van der Waals surface area contributed by atoms with E-state index in [1.807, 2.05) is 7.05 Å². The summed E-state index contributed by atoms with van der Waals surface area (Å²) >= 11 is 0. The van der Waals surface area contributed by atoms with Gasteiger partial charge >= 0.3 is 6.18 Å². The average Bonchev–Trinajstić information content (AvgIpc) is 3.05. The number of nitrogens with one attached hydrogen (secondary N) is 1. The summed E-state index contributed by atoms with van der Waals surface area (Å²) < 4.78 is 46.0. The van der Waals surface area contributed by atoms with E-state index in [-0.39, 0.29) is 29.0 Å². The van der Waals surface area contributed by atoms with Crippen LogP contribution in [0.4, 0.5) is 24.7 Å². The van der Waals surface area contributed by atoms with Gasteiger partial charge in [-0.05, 0) is 32.0 Å². The van der Waals surface area contributed by atoms with E-state index in [0.717, 1.165) is 42.6 Å². The molecule has 0 saturated carbocycles. The van der Waals surface area contributed by atoms with Gasteiger partial charge in [0.15, 0.2) is 22.9 Å². The van der Waals surface area contributed by atoms with Crippen LogP contribution in [-0.2, 0) is 6.18 Å². The van der Waals surface area contributed by atoms with Crippen LogP contribution < -0.4 is 15.8 Å². The van der Waals surface area contributed by atoms with Gasteiger partial charge in [-0.3, -0.25) is 9.78 Å². The second-order valence-corrected chi connectivity index (χ2v) is 7.28. The minimum absolute atomic E-state index is 0.0182. The van der Waals surface area contributed by atoms with E-state index >= 15 is 0 Å². The van der Waals surface area contributed by atoms with Crippen molar-refractivity contribution in [2.45, 2.75) is 25.1 Å². The minimum Gasteiger partial charge on any atom is -0.488 e. The van der Waals surface area contributed by atoms with E-state index in [0.29, 0.717) is 5.75 Å². The molecule has 1 saturated heterocycles. The molecule has 0 spiro atoms. The summed E-state index contributed by atoms with van der Waals surface area (Å²) in [5.74, 6) is -0.613. The molecule has 0 aliphatic carbocycles. The molecule has 3 N–H and O–H groups in total. The van der Waals surface area contributed by atoms with Crippen molar-refractivity contribution < 1.29 is 22.7 Å². The third kappa shape index (κ3) is 4.38. The number of anilines is 2. The lowest BCUT2D eigenvalue weighted by Gasteiger charge is -2.29. The monoisotopic (exact) mass is 435 g/mol. The highest BCUT2D eigenvalue weighted by molar-refractivity contribution is 6.07. The van der Waals surface area contributed by atoms with Crippen molar-refractivity contribution in [1.29, 1.82) is 0 Å². The van der Waals surface area contributed by atoms with Crippen LogP contribution in [0.1, 0.15) is 29.0 Å². The zero-order valence-corrected chi connectivity index (χ0v) is 16.6. The Morgan fingerprint density at radius 3 is 2.71 bits per heavy atom. The number of fused-ring (bicyclic) bond motifs is 1. The number of likely N-dealkylation sites (tertiary alicyclic amines) is 1. The Morgan fingerprint density at radius 2 is 2.00 bits per heavy atom.